The lowest BCUT2D eigenvalue weighted by atomic mass is 10.1. The average Bonchev–Trinajstić information content (AvgIpc) is 3.19. The third-order valence-electron chi connectivity index (χ3n) is 6.21. The van der Waals surface area contributed by atoms with Gasteiger partial charge in [-0.15, -0.1) is 11.0 Å². The molecule has 1 amide bonds. The maximum absolute atomic E-state index is 13.1. The SMILES string of the molecule is C=CCN1C(=O)C(=Cc2ccc(OCCCCCCCCC)c(OC)c2)SC1=NS(=O)(=O)c1ccc(C)cc1. The fraction of sp³-hybridized carbons (Fsp3) is 0.400. The average molecular weight is 571 g/mol. The van der Waals surface area contributed by atoms with Crippen molar-refractivity contribution in [2.45, 2.75) is 63.7 Å². The van der Waals surface area contributed by atoms with Crippen molar-refractivity contribution in [3.05, 3.63) is 71.2 Å². The Bertz CT molecular complexity index is 1300. The molecule has 0 radical (unpaired) electrons. The monoisotopic (exact) mass is 570 g/mol. The minimum absolute atomic E-state index is 0.0708. The van der Waals surface area contributed by atoms with Gasteiger partial charge in [-0.3, -0.25) is 9.69 Å². The minimum atomic E-state index is -3.99. The molecule has 0 atom stereocenters. The van der Waals surface area contributed by atoms with Gasteiger partial charge in [-0.2, -0.15) is 8.42 Å². The third-order valence-corrected chi connectivity index (χ3v) is 8.61. The molecule has 2 aromatic carbocycles. The van der Waals surface area contributed by atoms with Crippen molar-refractivity contribution in [2.75, 3.05) is 20.3 Å². The normalized spacial score (nSPS) is 15.8. The van der Waals surface area contributed by atoms with Crippen molar-refractivity contribution >= 4 is 38.9 Å². The number of methoxy groups -OCH3 is 1. The van der Waals surface area contributed by atoms with Crippen molar-refractivity contribution < 1.29 is 22.7 Å². The molecule has 1 heterocycles. The number of sulfonamides is 1. The highest BCUT2D eigenvalue weighted by Crippen LogP contribution is 2.35. The van der Waals surface area contributed by atoms with Gasteiger partial charge in [-0.25, -0.2) is 0 Å². The number of amidine groups is 1. The number of amides is 1. The third kappa shape index (κ3) is 8.73. The molecule has 0 bridgehead atoms. The second-order valence-electron chi connectivity index (χ2n) is 9.36. The van der Waals surface area contributed by atoms with Crippen LogP contribution in [0.5, 0.6) is 11.5 Å². The van der Waals surface area contributed by atoms with E-state index in [0.29, 0.717) is 23.0 Å². The van der Waals surface area contributed by atoms with Crippen LogP contribution >= 0.6 is 11.8 Å². The van der Waals surface area contributed by atoms with Gasteiger partial charge in [0.2, 0.25) is 0 Å². The standard InChI is InChI=1S/C30H38N2O5S2/c1-5-7-8-9-10-11-12-20-37-26-18-15-24(21-27(26)36-4)22-28-29(33)32(19-6-2)30(38-28)31-39(34,35)25-16-13-23(3)14-17-25/h6,13-18,21-22H,2,5,7-12,19-20H2,1,3-4H3. The molecule has 210 valence electrons. The van der Waals surface area contributed by atoms with Crippen LogP contribution in [-0.4, -0.2) is 44.7 Å². The fourth-order valence-electron chi connectivity index (χ4n) is 4.02. The summed E-state index contributed by atoms with van der Waals surface area (Å²) in [7, 11) is -2.41. The Balaban J connectivity index is 1.72. The van der Waals surface area contributed by atoms with Gasteiger partial charge in [0.05, 0.1) is 23.5 Å². The number of rotatable bonds is 15. The van der Waals surface area contributed by atoms with Crippen LogP contribution in [0.4, 0.5) is 0 Å². The molecule has 0 aliphatic carbocycles. The summed E-state index contributed by atoms with van der Waals surface area (Å²) in [6.07, 6.45) is 11.7. The first kappa shape index (κ1) is 30.5. The highest BCUT2D eigenvalue weighted by molar-refractivity contribution is 8.19. The van der Waals surface area contributed by atoms with E-state index in [1.54, 1.807) is 31.4 Å². The number of aryl methyl sites for hydroxylation is 1. The van der Waals surface area contributed by atoms with E-state index in [0.717, 1.165) is 35.7 Å². The minimum Gasteiger partial charge on any atom is -0.493 e. The van der Waals surface area contributed by atoms with Gasteiger partial charge in [0.15, 0.2) is 16.7 Å². The van der Waals surface area contributed by atoms with Crippen molar-refractivity contribution in [2.24, 2.45) is 4.40 Å². The number of carbonyl (C=O) groups is 1. The molecule has 1 fully saturated rings. The summed E-state index contributed by atoms with van der Waals surface area (Å²) < 4.78 is 41.3. The van der Waals surface area contributed by atoms with E-state index in [1.807, 2.05) is 19.1 Å². The quantitative estimate of drug-likeness (QED) is 0.130. The van der Waals surface area contributed by atoms with Crippen molar-refractivity contribution in [1.82, 2.24) is 4.90 Å². The first-order valence-electron chi connectivity index (χ1n) is 13.3. The summed E-state index contributed by atoms with van der Waals surface area (Å²) in [5.74, 6) is 0.883. The van der Waals surface area contributed by atoms with Crippen molar-refractivity contribution in [1.29, 1.82) is 0 Å². The summed E-state index contributed by atoms with van der Waals surface area (Å²) >= 11 is 1.02. The zero-order valence-corrected chi connectivity index (χ0v) is 24.7. The molecule has 39 heavy (non-hydrogen) atoms. The predicted molar refractivity (Wildman–Crippen MR) is 160 cm³/mol. The Labute approximate surface area is 237 Å². The number of thioether (sulfide) groups is 1. The van der Waals surface area contributed by atoms with Gasteiger partial charge in [0.1, 0.15) is 0 Å². The van der Waals surface area contributed by atoms with E-state index in [-0.39, 0.29) is 22.5 Å². The zero-order valence-electron chi connectivity index (χ0n) is 23.0. The Morgan fingerprint density at radius 1 is 1.00 bits per heavy atom. The molecule has 9 heteroatoms. The van der Waals surface area contributed by atoms with Crippen LogP contribution in [0.15, 0.2) is 69.3 Å². The van der Waals surface area contributed by atoms with Crippen LogP contribution in [0.2, 0.25) is 0 Å². The van der Waals surface area contributed by atoms with Gasteiger partial charge < -0.3 is 9.47 Å². The number of ether oxygens (including phenoxy) is 2. The smallest absolute Gasteiger partial charge is 0.284 e. The van der Waals surface area contributed by atoms with Crippen molar-refractivity contribution in [3.8, 4) is 11.5 Å². The lowest BCUT2D eigenvalue weighted by molar-refractivity contribution is -0.121. The first-order valence-corrected chi connectivity index (χ1v) is 15.6. The second-order valence-corrected chi connectivity index (χ2v) is 12.0. The summed E-state index contributed by atoms with van der Waals surface area (Å²) in [6.45, 7) is 8.54. The maximum Gasteiger partial charge on any atom is 0.284 e. The van der Waals surface area contributed by atoms with Crippen LogP contribution in [-0.2, 0) is 14.8 Å². The van der Waals surface area contributed by atoms with E-state index < -0.39 is 10.0 Å². The Hall–Kier alpha value is -3.04. The number of benzene rings is 2. The predicted octanol–water partition coefficient (Wildman–Crippen LogP) is 6.98. The number of carbonyl (C=O) groups excluding carboxylic acids is 1. The summed E-state index contributed by atoms with van der Waals surface area (Å²) in [5, 5.41) is 0.0911. The first-order chi connectivity index (χ1) is 18.8. The van der Waals surface area contributed by atoms with Crippen molar-refractivity contribution in [3.63, 3.8) is 0 Å². The van der Waals surface area contributed by atoms with E-state index in [2.05, 4.69) is 17.9 Å². The highest BCUT2D eigenvalue weighted by atomic mass is 32.2. The van der Waals surface area contributed by atoms with Crippen LogP contribution < -0.4 is 9.47 Å². The van der Waals surface area contributed by atoms with Gasteiger partial charge in [-0.05, 0) is 61.0 Å². The van der Waals surface area contributed by atoms with Gasteiger partial charge in [0, 0.05) is 6.54 Å². The second kappa shape index (κ2) is 14.9. The summed E-state index contributed by atoms with van der Waals surface area (Å²) in [4.78, 5) is 14.9. The van der Waals surface area contributed by atoms with Crippen LogP contribution in [0.3, 0.4) is 0 Å². The van der Waals surface area contributed by atoms with E-state index in [4.69, 9.17) is 9.47 Å². The molecular weight excluding hydrogens is 532 g/mol. The molecule has 2 aromatic rings. The number of hydrogen-bond donors (Lipinski definition) is 0. The molecule has 0 saturated carbocycles. The molecule has 1 aliphatic rings. The lowest BCUT2D eigenvalue weighted by Crippen LogP contribution is -2.29. The van der Waals surface area contributed by atoms with Crippen LogP contribution in [0.1, 0.15) is 63.0 Å². The summed E-state index contributed by atoms with van der Waals surface area (Å²) in [5.41, 5.74) is 1.67. The van der Waals surface area contributed by atoms with Gasteiger partial charge in [0.25, 0.3) is 15.9 Å². The Kier molecular flexibility index (Phi) is 11.7. The van der Waals surface area contributed by atoms with E-state index in [1.165, 1.54) is 55.2 Å². The largest absolute Gasteiger partial charge is 0.493 e. The Morgan fingerprint density at radius 3 is 2.36 bits per heavy atom. The molecular formula is C30H38N2O5S2. The molecule has 7 nitrogen and oxygen atoms in total. The maximum atomic E-state index is 13.1. The van der Waals surface area contributed by atoms with Gasteiger partial charge in [-0.1, -0.05) is 75.3 Å². The number of unbranched alkanes of at least 4 members (excludes halogenated alkanes) is 6. The van der Waals surface area contributed by atoms with Crippen LogP contribution in [0.25, 0.3) is 6.08 Å². The zero-order chi connectivity index (χ0) is 28.3. The van der Waals surface area contributed by atoms with Gasteiger partial charge >= 0.3 is 0 Å². The molecule has 0 spiro atoms. The molecule has 1 saturated heterocycles. The lowest BCUT2D eigenvalue weighted by Gasteiger charge is -2.12. The Morgan fingerprint density at radius 2 is 1.69 bits per heavy atom. The molecule has 3 rings (SSSR count). The van der Waals surface area contributed by atoms with Crippen LogP contribution in [0, 0.1) is 6.92 Å². The molecule has 0 aromatic heterocycles. The highest BCUT2D eigenvalue weighted by Gasteiger charge is 2.34. The van der Waals surface area contributed by atoms with E-state index >= 15 is 0 Å². The summed E-state index contributed by atoms with van der Waals surface area (Å²) in [6, 6.07) is 11.9. The fourth-order valence-corrected chi connectivity index (χ4v) is 6.21. The molecule has 1 aliphatic heterocycles. The molecule has 0 unspecified atom stereocenters. The molecule has 0 N–H and O–H groups in total. The van der Waals surface area contributed by atoms with E-state index in [9.17, 15) is 13.2 Å². The number of nitrogens with zero attached hydrogens (tertiary/aromatic N) is 2. The number of hydrogen-bond acceptors (Lipinski definition) is 6. The topological polar surface area (TPSA) is 85.3 Å².